The van der Waals surface area contributed by atoms with E-state index in [4.69, 9.17) is 9.05 Å². The summed E-state index contributed by atoms with van der Waals surface area (Å²) >= 11 is 0. The van der Waals surface area contributed by atoms with E-state index in [0.29, 0.717) is 0 Å². The molecule has 0 heterocycles. The van der Waals surface area contributed by atoms with Gasteiger partial charge in [0.25, 0.3) is 0 Å². The maximum absolute atomic E-state index is 12.7. The van der Waals surface area contributed by atoms with Crippen LogP contribution in [0, 0.1) is 0 Å². The minimum atomic E-state index is -6.04. The summed E-state index contributed by atoms with van der Waals surface area (Å²) in [5, 5.41) is 0. The zero-order valence-corrected chi connectivity index (χ0v) is 15.3. The summed E-state index contributed by atoms with van der Waals surface area (Å²) in [5.74, 6) is -1.07. The van der Waals surface area contributed by atoms with Crippen molar-refractivity contribution in [1.29, 1.82) is 0 Å². The van der Waals surface area contributed by atoms with Gasteiger partial charge in [0.15, 0.2) is 12.5 Å². The van der Waals surface area contributed by atoms with Gasteiger partial charge >= 0.3 is 29.2 Å². The Morgan fingerprint density at radius 1 is 1.23 bits per heavy atom. The van der Waals surface area contributed by atoms with Gasteiger partial charge in [0.05, 0.1) is 6.61 Å². The van der Waals surface area contributed by atoms with Crippen LogP contribution >= 0.6 is 7.60 Å². The van der Waals surface area contributed by atoms with Crippen molar-refractivity contribution in [3.63, 3.8) is 0 Å². The van der Waals surface area contributed by atoms with Crippen LogP contribution in [0.4, 0.5) is 13.2 Å². The summed E-state index contributed by atoms with van der Waals surface area (Å²) < 4.78 is 90.0. The van der Waals surface area contributed by atoms with E-state index in [0.717, 1.165) is 6.92 Å². The highest BCUT2D eigenvalue weighted by Gasteiger charge is 2.49. The van der Waals surface area contributed by atoms with Crippen molar-refractivity contribution in [3.05, 3.63) is 30.3 Å². The van der Waals surface area contributed by atoms with Crippen LogP contribution in [0.25, 0.3) is 0 Å². The van der Waals surface area contributed by atoms with Gasteiger partial charge in [-0.1, -0.05) is 18.2 Å². The number of hydrogen-bond donors (Lipinski definition) is 0. The molecular formula is C13H16F3O8PS. The molecule has 0 amide bonds. The maximum atomic E-state index is 12.7. The van der Waals surface area contributed by atoms with Crippen LogP contribution in [-0.2, 0) is 32.9 Å². The van der Waals surface area contributed by atoms with E-state index in [-0.39, 0.29) is 12.4 Å². The fourth-order valence-electron chi connectivity index (χ4n) is 1.46. The monoisotopic (exact) mass is 420 g/mol. The molecule has 0 saturated carbocycles. The number of para-hydroxylation sites is 1. The third kappa shape index (κ3) is 6.60. The highest BCUT2D eigenvalue weighted by Crippen LogP contribution is 2.50. The first-order valence-corrected chi connectivity index (χ1v) is 10.2. The zero-order chi connectivity index (χ0) is 20.0. The van der Waals surface area contributed by atoms with E-state index in [9.17, 15) is 30.9 Å². The molecule has 0 spiro atoms. The van der Waals surface area contributed by atoms with Gasteiger partial charge in [-0.05, 0) is 26.0 Å². The maximum Gasteiger partial charge on any atom is 0.523 e. The summed E-state index contributed by atoms with van der Waals surface area (Å²) in [7, 11) is -10.7. The number of ether oxygens (including phenoxy) is 1. The molecule has 0 aliphatic carbocycles. The second kappa shape index (κ2) is 8.85. The lowest BCUT2D eigenvalue weighted by Crippen LogP contribution is -2.28. The van der Waals surface area contributed by atoms with Gasteiger partial charge in [-0.15, -0.1) is 0 Å². The van der Waals surface area contributed by atoms with Crippen molar-refractivity contribution < 1.29 is 48.9 Å². The lowest BCUT2D eigenvalue weighted by atomic mass is 10.3. The molecule has 148 valence electrons. The molecular weight excluding hydrogens is 404 g/mol. The average Bonchev–Trinajstić information content (AvgIpc) is 2.53. The number of carbonyl (C=O) groups excluding carboxylic acids is 1. The van der Waals surface area contributed by atoms with E-state index in [1.165, 1.54) is 31.2 Å². The number of benzene rings is 1. The van der Waals surface area contributed by atoms with Gasteiger partial charge in [0.1, 0.15) is 5.75 Å². The molecule has 0 fully saturated rings. The third-order valence-corrected chi connectivity index (χ3v) is 5.32. The first-order valence-electron chi connectivity index (χ1n) is 7.04. The van der Waals surface area contributed by atoms with Gasteiger partial charge in [-0.2, -0.15) is 21.6 Å². The van der Waals surface area contributed by atoms with Crippen molar-refractivity contribution in [3.8, 4) is 5.75 Å². The van der Waals surface area contributed by atoms with E-state index in [1.807, 2.05) is 0 Å². The van der Waals surface area contributed by atoms with Gasteiger partial charge in [-0.25, -0.2) is 13.5 Å². The largest absolute Gasteiger partial charge is 0.523 e. The summed E-state index contributed by atoms with van der Waals surface area (Å²) in [6.07, 6.45) is -3.10. The number of alkyl halides is 3. The molecule has 0 radical (unpaired) electrons. The molecule has 0 aromatic heterocycles. The predicted octanol–water partition coefficient (Wildman–Crippen LogP) is 3.05. The van der Waals surface area contributed by atoms with E-state index >= 15 is 0 Å². The molecule has 0 N–H and O–H groups in total. The first-order chi connectivity index (χ1) is 11.9. The molecule has 2 atom stereocenters. The lowest BCUT2D eigenvalue weighted by molar-refractivity contribution is -0.150. The van der Waals surface area contributed by atoms with Crippen molar-refractivity contribution in [2.24, 2.45) is 0 Å². The van der Waals surface area contributed by atoms with E-state index in [1.54, 1.807) is 6.07 Å². The second-order valence-corrected chi connectivity index (χ2v) is 8.14. The third-order valence-electron chi connectivity index (χ3n) is 2.57. The molecule has 8 nitrogen and oxygen atoms in total. The summed E-state index contributed by atoms with van der Waals surface area (Å²) in [5.41, 5.74) is -5.72. The van der Waals surface area contributed by atoms with Crippen LogP contribution in [-0.4, -0.2) is 39.0 Å². The molecule has 0 bridgehead atoms. The van der Waals surface area contributed by atoms with Gasteiger partial charge in [0, 0.05) is 0 Å². The van der Waals surface area contributed by atoms with E-state index < -0.39 is 41.6 Å². The highest BCUT2D eigenvalue weighted by atomic mass is 32.2. The Bertz CT molecular complexity index is 750. The molecule has 13 heteroatoms. The Morgan fingerprint density at radius 2 is 1.81 bits per heavy atom. The average molecular weight is 420 g/mol. The predicted molar refractivity (Wildman–Crippen MR) is 82.8 cm³/mol. The highest BCUT2D eigenvalue weighted by molar-refractivity contribution is 7.87. The van der Waals surface area contributed by atoms with Crippen molar-refractivity contribution in [2.45, 2.75) is 25.5 Å². The number of esters is 1. The molecule has 1 aromatic carbocycles. The fraction of sp³-hybridized carbons (Fsp3) is 0.462. The fourth-order valence-corrected chi connectivity index (χ4v) is 3.84. The van der Waals surface area contributed by atoms with Crippen LogP contribution in [0.15, 0.2) is 30.3 Å². The first kappa shape index (κ1) is 22.4. The Kier molecular flexibility index (Phi) is 7.63. The number of rotatable bonds is 9. The topological polar surface area (TPSA) is 105 Å². The molecule has 1 rings (SSSR count). The Balaban J connectivity index is 3.01. The van der Waals surface area contributed by atoms with Crippen LogP contribution in [0.2, 0.25) is 0 Å². The van der Waals surface area contributed by atoms with Crippen LogP contribution in [0.3, 0.4) is 0 Å². The van der Waals surface area contributed by atoms with Gasteiger partial charge in [0.2, 0.25) is 0 Å². The SMILES string of the molecule is CCOC(=O)[C@@H](C)OP(=O)(COS(=O)(=O)C(F)(F)F)Oc1ccccc1. The summed E-state index contributed by atoms with van der Waals surface area (Å²) in [6.45, 7) is 2.57. The lowest BCUT2D eigenvalue weighted by Gasteiger charge is -2.22. The van der Waals surface area contributed by atoms with Crippen molar-refractivity contribution in [1.82, 2.24) is 0 Å². The molecule has 1 aromatic rings. The second-order valence-electron chi connectivity index (χ2n) is 4.66. The smallest absolute Gasteiger partial charge is 0.464 e. The normalized spacial score (nSPS) is 15.7. The molecule has 0 aliphatic heterocycles. The molecule has 0 saturated heterocycles. The van der Waals surface area contributed by atoms with Crippen LogP contribution in [0.5, 0.6) is 5.75 Å². The van der Waals surface area contributed by atoms with E-state index in [2.05, 4.69) is 8.92 Å². The summed E-state index contributed by atoms with van der Waals surface area (Å²) in [6, 6.07) is 7.08. The Hall–Kier alpha value is -1.62. The van der Waals surface area contributed by atoms with Crippen molar-refractivity contribution >= 4 is 23.7 Å². The molecule has 1 unspecified atom stereocenters. The van der Waals surface area contributed by atoms with Crippen LogP contribution < -0.4 is 4.52 Å². The Morgan fingerprint density at radius 3 is 2.31 bits per heavy atom. The minimum Gasteiger partial charge on any atom is -0.464 e. The van der Waals surface area contributed by atoms with Gasteiger partial charge < -0.3 is 9.26 Å². The molecule has 0 aliphatic rings. The zero-order valence-electron chi connectivity index (χ0n) is 13.6. The number of carbonyl (C=O) groups is 1. The molecule has 26 heavy (non-hydrogen) atoms. The van der Waals surface area contributed by atoms with Crippen molar-refractivity contribution in [2.75, 3.05) is 13.0 Å². The van der Waals surface area contributed by atoms with Gasteiger partial charge in [-0.3, -0.25) is 4.52 Å². The minimum absolute atomic E-state index is 0.0324. The van der Waals surface area contributed by atoms with Crippen LogP contribution in [0.1, 0.15) is 13.8 Å². The summed E-state index contributed by atoms with van der Waals surface area (Å²) in [4.78, 5) is 11.6. The Labute approximate surface area is 147 Å². The number of hydrogen-bond acceptors (Lipinski definition) is 8. The standard InChI is InChI=1S/C13H16F3O8PS/c1-3-21-12(17)10(2)23-25(18,24-11-7-5-4-6-8-11)9-22-26(19,20)13(14,15)16/h4-8,10H,3,9H2,1-2H3/t10-,25?/m1/s1. The quantitative estimate of drug-likeness (QED) is 0.260. The number of halogens is 3.